The first-order valence-electron chi connectivity index (χ1n) is 9.18. The number of ether oxygens (including phenoxy) is 1. The van der Waals surface area contributed by atoms with Crippen LogP contribution in [0.4, 0.5) is 5.13 Å². The smallest absolute Gasteiger partial charge is 0.208 e. The predicted molar refractivity (Wildman–Crippen MR) is 113 cm³/mol. The van der Waals surface area contributed by atoms with Crippen LogP contribution in [0.5, 0.6) is 5.75 Å². The summed E-state index contributed by atoms with van der Waals surface area (Å²) in [6, 6.07) is 7.67. The Morgan fingerprint density at radius 2 is 2.07 bits per heavy atom. The Morgan fingerprint density at radius 1 is 1.25 bits per heavy atom. The molecule has 144 valence electrons. The second-order valence-corrected chi connectivity index (χ2v) is 9.68. The number of rotatable bonds is 2. The van der Waals surface area contributed by atoms with Crippen molar-refractivity contribution in [2.24, 2.45) is 0 Å². The van der Waals surface area contributed by atoms with Crippen molar-refractivity contribution in [2.45, 2.75) is 31.8 Å². The third kappa shape index (κ3) is 3.11. The molecule has 0 saturated carbocycles. The Morgan fingerprint density at radius 3 is 2.82 bits per heavy atom. The van der Waals surface area contributed by atoms with Crippen LogP contribution in [0, 0.1) is 6.92 Å². The molecule has 5 nitrogen and oxygen atoms in total. The minimum absolute atomic E-state index is 0.121. The largest absolute Gasteiger partial charge is 0.486 e. The molecule has 0 radical (unpaired) electrons. The second-order valence-electron chi connectivity index (χ2n) is 7.34. The number of ketones is 1. The zero-order valence-corrected chi connectivity index (χ0v) is 17.7. The van der Waals surface area contributed by atoms with Crippen molar-refractivity contribution in [1.82, 2.24) is 10.2 Å². The Hall–Kier alpha value is -1.96. The number of halogens is 1. The Labute approximate surface area is 175 Å². The van der Waals surface area contributed by atoms with Crippen LogP contribution in [0.2, 0.25) is 5.02 Å². The molecule has 5 rings (SSSR count). The first-order chi connectivity index (χ1) is 13.5. The summed E-state index contributed by atoms with van der Waals surface area (Å²) >= 11 is 9.41. The lowest BCUT2D eigenvalue weighted by molar-refractivity contribution is 0.0226. The number of fused-ring (bicyclic) bond motifs is 1. The molecule has 0 atom stereocenters. The SMILES string of the molecule is Cc1cc(Cl)cc2c1OC1(CCN(c3nnc(-c4cccs4)s3)CC1)CC2=O. The van der Waals surface area contributed by atoms with Crippen molar-refractivity contribution >= 4 is 45.2 Å². The number of hydrogen-bond donors (Lipinski definition) is 0. The third-order valence-corrected chi connectivity index (χ3v) is 7.67. The number of hydrogen-bond acceptors (Lipinski definition) is 7. The van der Waals surface area contributed by atoms with Gasteiger partial charge in [0.2, 0.25) is 5.13 Å². The summed E-state index contributed by atoms with van der Waals surface area (Å²) in [5.74, 6) is 0.821. The van der Waals surface area contributed by atoms with E-state index in [0.717, 1.165) is 46.5 Å². The van der Waals surface area contributed by atoms with E-state index in [1.54, 1.807) is 28.7 Å². The van der Waals surface area contributed by atoms with Crippen molar-refractivity contribution in [2.75, 3.05) is 18.0 Å². The molecule has 0 unspecified atom stereocenters. The maximum absolute atomic E-state index is 12.8. The zero-order chi connectivity index (χ0) is 19.3. The van der Waals surface area contributed by atoms with Crippen LogP contribution < -0.4 is 9.64 Å². The summed E-state index contributed by atoms with van der Waals surface area (Å²) in [4.78, 5) is 16.2. The average molecular weight is 432 g/mol. The van der Waals surface area contributed by atoms with Crippen LogP contribution in [0.15, 0.2) is 29.6 Å². The van der Waals surface area contributed by atoms with Crippen LogP contribution in [0.1, 0.15) is 35.2 Å². The van der Waals surface area contributed by atoms with Gasteiger partial charge in [-0.25, -0.2) is 0 Å². The topological polar surface area (TPSA) is 55.3 Å². The summed E-state index contributed by atoms with van der Waals surface area (Å²) in [6.45, 7) is 3.54. The fourth-order valence-electron chi connectivity index (χ4n) is 3.94. The van der Waals surface area contributed by atoms with E-state index in [0.29, 0.717) is 22.8 Å². The minimum atomic E-state index is -0.430. The van der Waals surface area contributed by atoms with Gasteiger partial charge in [0.15, 0.2) is 10.8 Å². The van der Waals surface area contributed by atoms with Gasteiger partial charge in [-0.05, 0) is 36.1 Å². The summed E-state index contributed by atoms with van der Waals surface area (Å²) in [6.07, 6.45) is 1.98. The minimum Gasteiger partial charge on any atom is -0.486 e. The van der Waals surface area contributed by atoms with E-state index in [1.165, 1.54) is 0 Å². The van der Waals surface area contributed by atoms with E-state index in [9.17, 15) is 4.79 Å². The maximum atomic E-state index is 12.8. The van der Waals surface area contributed by atoms with E-state index < -0.39 is 5.60 Å². The molecule has 2 aliphatic rings. The lowest BCUT2D eigenvalue weighted by Crippen LogP contribution is -2.51. The van der Waals surface area contributed by atoms with Gasteiger partial charge in [0.25, 0.3) is 0 Å². The zero-order valence-electron chi connectivity index (χ0n) is 15.3. The molecule has 1 fully saturated rings. The van der Waals surface area contributed by atoms with Crippen LogP contribution >= 0.6 is 34.3 Å². The standard InChI is InChI=1S/C20H18ClN3O2S2/c1-12-9-13(21)10-14-15(25)11-20(26-17(12)14)4-6-24(7-5-20)19-23-22-18(28-19)16-3-2-8-27-16/h2-3,8-10H,4-7,11H2,1H3. The average Bonchev–Trinajstić information content (AvgIpc) is 3.35. The normalized spacial score (nSPS) is 18.2. The number of thiophene rings is 1. The first kappa shape index (κ1) is 18.1. The number of anilines is 1. The number of benzene rings is 1. The number of carbonyl (C=O) groups excluding carboxylic acids is 1. The number of carbonyl (C=O) groups is 1. The molecule has 1 aromatic carbocycles. The molecule has 4 heterocycles. The Balaban J connectivity index is 1.34. The van der Waals surface area contributed by atoms with Gasteiger partial charge in [0, 0.05) is 31.0 Å². The molecule has 2 aromatic heterocycles. The van der Waals surface area contributed by atoms with Gasteiger partial charge in [0.1, 0.15) is 11.4 Å². The van der Waals surface area contributed by atoms with Crippen LogP contribution in [-0.4, -0.2) is 34.7 Å². The molecule has 2 aliphatic heterocycles. The lowest BCUT2D eigenvalue weighted by Gasteiger charge is -2.44. The number of aryl methyl sites for hydroxylation is 1. The quantitative estimate of drug-likeness (QED) is 0.555. The van der Waals surface area contributed by atoms with Crippen molar-refractivity contribution in [1.29, 1.82) is 0 Å². The van der Waals surface area contributed by atoms with E-state index in [4.69, 9.17) is 16.3 Å². The Kier molecular flexibility index (Phi) is 4.41. The lowest BCUT2D eigenvalue weighted by atomic mass is 9.82. The highest BCUT2D eigenvalue weighted by atomic mass is 35.5. The van der Waals surface area contributed by atoms with E-state index in [1.807, 2.05) is 24.4 Å². The van der Waals surface area contributed by atoms with Crippen LogP contribution in [0.25, 0.3) is 9.88 Å². The molecular weight excluding hydrogens is 414 g/mol. The van der Waals surface area contributed by atoms with Crippen molar-refractivity contribution in [3.05, 3.63) is 45.8 Å². The van der Waals surface area contributed by atoms with Gasteiger partial charge in [-0.15, -0.1) is 21.5 Å². The summed E-state index contributed by atoms with van der Waals surface area (Å²) in [7, 11) is 0. The molecule has 3 aromatic rings. The molecule has 0 N–H and O–H groups in total. The Bertz CT molecular complexity index is 1040. The van der Waals surface area contributed by atoms with Crippen molar-refractivity contribution < 1.29 is 9.53 Å². The van der Waals surface area contributed by atoms with Crippen LogP contribution in [-0.2, 0) is 0 Å². The molecule has 0 bridgehead atoms. The summed E-state index contributed by atoms with van der Waals surface area (Å²) < 4.78 is 6.43. The molecule has 1 saturated heterocycles. The highest BCUT2D eigenvalue weighted by Gasteiger charge is 2.44. The molecule has 0 amide bonds. The summed E-state index contributed by atoms with van der Waals surface area (Å²) in [5.41, 5.74) is 1.10. The van der Waals surface area contributed by atoms with Gasteiger partial charge in [-0.2, -0.15) is 0 Å². The molecule has 8 heteroatoms. The summed E-state index contributed by atoms with van der Waals surface area (Å²) in [5, 5.41) is 13.2. The van der Waals surface area contributed by atoms with Gasteiger partial charge >= 0.3 is 0 Å². The maximum Gasteiger partial charge on any atom is 0.208 e. The van der Waals surface area contributed by atoms with Crippen molar-refractivity contribution in [3.8, 4) is 15.6 Å². The molecule has 1 spiro atoms. The highest BCUT2D eigenvalue weighted by molar-refractivity contribution is 7.22. The first-order valence-corrected chi connectivity index (χ1v) is 11.3. The monoisotopic (exact) mass is 431 g/mol. The third-order valence-electron chi connectivity index (χ3n) is 5.43. The predicted octanol–water partition coefficient (Wildman–Crippen LogP) is 5.23. The van der Waals surface area contributed by atoms with Gasteiger partial charge in [-0.1, -0.05) is 29.0 Å². The van der Waals surface area contributed by atoms with Gasteiger partial charge in [0.05, 0.1) is 16.9 Å². The number of Topliss-reactive ketones (excluding diaryl/α,β-unsaturated/α-hetero) is 1. The van der Waals surface area contributed by atoms with Gasteiger partial charge in [-0.3, -0.25) is 4.79 Å². The molecular formula is C20H18ClN3O2S2. The second kappa shape index (κ2) is 6.83. The number of aromatic nitrogens is 2. The van der Waals surface area contributed by atoms with E-state index in [-0.39, 0.29) is 5.78 Å². The fourth-order valence-corrected chi connectivity index (χ4v) is 5.90. The van der Waals surface area contributed by atoms with Crippen LogP contribution in [0.3, 0.4) is 0 Å². The van der Waals surface area contributed by atoms with E-state index >= 15 is 0 Å². The molecule has 28 heavy (non-hydrogen) atoms. The number of nitrogens with zero attached hydrogens (tertiary/aromatic N) is 3. The number of piperidine rings is 1. The van der Waals surface area contributed by atoms with E-state index in [2.05, 4.69) is 21.2 Å². The highest BCUT2D eigenvalue weighted by Crippen LogP contribution is 2.43. The molecule has 0 aliphatic carbocycles. The fraction of sp³-hybridized carbons (Fsp3) is 0.350. The van der Waals surface area contributed by atoms with Crippen molar-refractivity contribution in [3.63, 3.8) is 0 Å². The van der Waals surface area contributed by atoms with Gasteiger partial charge < -0.3 is 9.64 Å².